The quantitative estimate of drug-likeness (QED) is 0.326. The highest BCUT2D eigenvalue weighted by atomic mass is 19.4. The van der Waals surface area contributed by atoms with E-state index in [2.05, 4.69) is 0 Å². The third kappa shape index (κ3) is 5.82. The number of rotatable bonds is 8. The summed E-state index contributed by atoms with van der Waals surface area (Å²) in [5.74, 6) is -2.38. The molecule has 0 aliphatic carbocycles. The molecule has 0 fully saturated rings. The third-order valence-corrected chi connectivity index (χ3v) is 5.78. The normalized spacial score (nSPS) is 15.4. The van der Waals surface area contributed by atoms with Crippen LogP contribution in [0.2, 0.25) is 0 Å². The fraction of sp³-hybridized carbons (Fsp3) is 0.269. The molecule has 1 atom stereocenters. The molecule has 3 aromatic rings. The molecule has 1 aliphatic heterocycles. The average molecular weight is 525 g/mol. The lowest BCUT2D eigenvalue weighted by atomic mass is 10.1. The minimum Gasteiger partial charge on any atom is -0.484 e. The number of benzene rings is 3. The molecule has 0 saturated heterocycles. The number of alkyl halides is 6. The van der Waals surface area contributed by atoms with Crippen LogP contribution in [0.5, 0.6) is 11.5 Å². The lowest BCUT2D eigenvalue weighted by Gasteiger charge is -2.24. The zero-order valence-electron chi connectivity index (χ0n) is 19.4. The first-order valence-electron chi connectivity index (χ1n) is 11.0. The number of halogens is 6. The largest absolute Gasteiger partial charge is 0.484 e. The summed E-state index contributed by atoms with van der Waals surface area (Å²) in [4.78, 5) is 18.3. The van der Waals surface area contributed by atoms with Gasteiger partial charge in [-0.3, -0.25) is 9.63 Å². The van der Waals surface area contributed by atoms with Crippen molar-refractivity contribution in [2.45, 2.75) is 31.4 Å². The maximum atomic E-state index is 13.8. The summed E-state index contributed by atoms with van der Waals surface area (Å²) in [6.07, 6.45) is -10.0. The lowest BCUT2D eigenvalue weighted by Crippen LogP contribution is -2.40. The second-order valence-electron chi connectivity index (χ2n) is 8.23. The Morgan fingerprint density at radius 3 is 2.24 bits per heavy atom. The molecular formula is C26H21F6NO4. The van der Waals surface area contributed by atoms with Crippen molar-refractivity contribution < 1.29 is 45.4 Å². The summed E-state index contributed by atoms with van der Waals surface area (Å²) in [6, 6.07) is 14.6. The van der Waals surface area contributed by atoms with E-state index < -0.39 is 53.4 Å². The van der Waals surface area contributed by atoms with Crippen molar-refractivity contribution in [2.75, 3.05) is 18.8 Å². The second-order valence-corrected chi connectivity index (χ2v) is 8.23. The van der Waals surface area contributed by atoms with Crippen LogP contribution in [0.3, 0.4) is 0 Å². The van der Waals surface area contributed by atoms with Gasteiger partial charge in [0.15, 0.2) is 17.3 Å². The number of nitrogens with zero attached hydrogens (tertiary/aromatic N) is 1. The Labute approximate surface area is 208 Å². The molecule has 196 valence electrons. The second kappa shape index (κ2) is 10.3. The third-order valence-electron chi connectivity index (χ3n) is 5.78. The SMILES string of the molecule is CON1c2ccccc2CC1C(=O)COc1cc(C(F)(F)F)cc(C(F)(F)F)c1OCc1ccccc1. The van der Waals surface area contributed by atoms with Crippen molar-refractivity contribution in [1.29, 1.82) is 0 Å². The molecule has 0 amide bonds. The predicted molar refractivity (Wildman–Crippen MR) is 121 cm³/mol. The Hall–Kier alpha value is -3.73. The topological polar surface area (TPSA) is 48.0 Å². The maximum absolute atomic E-state index is 13.8. The number of hydrogen-bond acceptors (Lipinski definition) is 5. The lowest BCUT2D eigenvalue weighted by molar-refractivity contribution is -0.144. The highest BCUT2D eigenvalue weighted by Gasteiger charge is 2.41. The van der Waals surface area contributed by atoms with Crippen LogP contribution in [0.15, 0.2) is 66.7 Å². The van der Waals surface area contributed by atoms with Crippen LogP contribution in [0, 0.1) is 0 Å². The number of carbonyl (C=O) groups excluding carboxylic acids is 1. The van der Waals surface area contributed by atoms with Crippen molar-refractivity contribution in [2.24, 2.45) is 0 Å². The number of ether oxygens (including phenoxy) is 2. The molecule has 0 bridgehead atoms. The van der Waals surface area contributed by atoms with Gasteiger partial charge in [0, 0.05) is 6.42 Å². The molecule has 3 aromatic carbocycles. The van der Waals surface area contributed by atoms with E-state index in [0.29, 0.717) is 17.3 Å². The van der Waals surface area contributed by atoms with Crippen molar-refractivity contribution >= 4 is 11.5 Å². The number of hydroxylamine groups is 1. The van der Waals surface area contributed by atoms with Gasteiger partial charge < -0.3 is 9.47 Å². The van der Waals surface area contributed by atoms with Gasteiger partial charge in [-0.15, -0.1) is 0 Å². The molecule has 0 saturated carbocycles. The molecule has 11 heteroatoms. The zero-order valence-corrected chi connectivity index (χ0v) is 19.4. The van der Waals surface area contributed by atoms with Crippen molar-refractivity contribution in [3.8, 4) is 11.5 Å². The minimum atomic E-state index is -5.19. The molecule has 5 nitrogen and oxygen atoms in total. The van der Waals surface area contributed by atoms with E-state index in [0.717, 1.165) is 5.56 Å². The van der Waals surface area contributed by atoms with Crippen LogP contribution in [-0.4, -0.2) is 25.5 Å². The average Bonchev–Trinajstić information content (AvgIpc) is 3.24. The van der Waals surface area contributed by atoms with Gasteiger partial charge >= 0.3 is 12.4 Å². The molecule has 0 radical (unpaired) electrons. The Morgan fingerprint density at radius 1 is 0.919 bits per heavy atom. The summed E-state index contributed by atoms with van der Waals surface area (Å²) in [7, 11) is 1.35. The van der Waals surface area contributed by atoms with Gasteiger partial charge in [0.25, 0.3) is 0 Å². The monoisotopic (exact) mass is 525 g/mol. The van der Waals surface area contributed by atoms with Crippen molar-refractivity contribution in [1.82, 2.24) is 0 Å². The Kier molecular flexibility index (Phi) is 7.35. The van der Waals surface area contributed by atoms with Gasteiger partial charge in [-0.2, -0.15) is 26.3 Å². The van der Waals surface area contributed by atoms with Crippen molar-refractivity contribution in [3.05, 3.63) is 89.0 Å². The minimum absolute atomic E-state index is 0.0325. The van der Waals surface area contributed by atoms with Gasteiger partial charge in [-0.1, -0.05) is 48.5 Å². The summed E-state index contributed by atoms with van der Waals surface area (Å²) in [6.45, 7) is -1.17. The fourth-order valence-electron chi connectivity index (χ4n) is 4.04. The van der Waals surface area contributed by atoms with E-state index in [4.69, 9.17) is 14.3 Å². The first-order chi connectivity index (χ1) is 17.5. The summed E-state index contributed by atoms with van der Waals surface area (Å²) in [5.41, 5.74) is -1.33. The predicted octanol–water partition coefficient (Wildman–Crippen LogP) is 6.24. The standard InChI is InChI=1S/C26H21F6NO4/c1-35-33-20-10-6-5-9-17(20)11-21(33)22(34)15-36-23-13-18(25(27,28)29)12-19(26(30,31)32)24(23)37-14-16-7-3-2-4-8-16/h2-10,12-13,21H,11,14-15H2,1H3. The van der Waals surface area contributed by atoms with Crippen LogP contribution in [0.1, 0.15) is 22.3 Å². The van der Waals surface area contributed by atoms with Crippen LogP contribution >= 0.6 is 0 Å². The first-order valence-corrected chi connectivity index (χ1v) is 11.0. The van der Waals surface area contributed by atoms with Crippen LogP contribution < -0.4 is 14.5 Å². The zero-order chi connectivity index (χ0) is 26.8. The molecule has 37 heavy (non-hydrogen) atoms. The Morgan fingerprint density at radius 2 is 1.59 bits per heavy atom. The van der Waals surface area contributed by atoms with Gasteiger partial charge in [0.2, 0.25) is 0 Å². The molecule has 1 aliphatic rings. The molecular weight excluding hydrogens is 504 g/mol. The highest BCUT2D eigenvalue weighted by Crippen LogP contribution is 2.46. The van der Waals surface area contributed by atoms with Crippen molar-refractivity contribution in [3.63, 3.8) is 0 Å². The van der Waals surface area contributed by atoms with E-state index in [1.54, 1.807) is 54.6 Å². The van der Waals surface area contributed by atoms with Gasteiger partial charge in [-0.05, 0) is 29.3 Å². The number of Topliss-reactive ketones (excluding diaryl/α,β-unsaturated/α-hetero) is 1. The Bertz CT molecular complexity index is 1260. The number of anilines is 1. The molecule has 1 unspecified atom stereocenters. The number of para-hydroxylation sites is 1. The molecule has 4 rings (SSSR count). The van der Waals surface area contributed by atoms with E-state index in [1.165, 1.54) is 12.2 Å². The highest BCUT2D eigenvalue weighted by molar-refractivity contribution is 5.90. The van der Waals surface area contributed by atoms with E-state index in [1.807, 2.05) is 0 Å². The summed E-state index contributed by atoms with van der Waals surface area (Å²) < 4.78 is 92.5. The Balaban J connectivity index is 1.64. The molecule has 0 N–H and O–H groups in total. The molecule has 0 spiro atoms. The molecule has 0 aromatic heterocycles. The van der Waals surface area contributed by atoms with Gasteiger partial charge in [-0.25, -0.2) is 5.06 Å². The van der Waals surface area contributed by atoms with Gasteiger partial charge in [0.1, 0.15) is 24.8 Å². The number of hydrogen-bond donors (Lipinski definition) is 0. The van der Waals surface area contributed by atoms with E-state index in [-0.39, 0.29) is 19.1 Å². The van der Waals surface area contributed by atoms with Crippen LogP contribution in [0.4, 0.5) is 32.0 Å². The molecule has 1 heterocycles. The number of ketones is 1. The fourth-order valence-corrected chi connectivity index (χ4v) is 4.04. The van der Waals surface area contributed by atoms with E-state index >= 15 is 0 Å². The number of carbonyl (C=O) groups is 1. The van der Waals surface area contributed by atoms with E-state index in [9.17, 15) is 31.1 Å². The summed E-state index contributed by atoms with van der Waals surface area (Å²) >= 11 is 0. The number of fused-ring (bicyclic) bond motifs is 1. The van der Waals surface area contributed by atoms with Gasteiger partial charge in [0.05, 0.1) is 18.4 Å². The maximum Gasteiger partial charge on any atom is 0.420 e. The summed E-state index contributed by atoms with van der Waals surface area (Å²) in [5, 5.41) is 1.33. The first kappa shape index (κ1) is 26.3. The van der Waals surface area contributed by atoms with Crippen LogP contribution in [-0.2, 0) is 35.0 Å². The smallest absolute Gasteiger partial charge is 0.420 e. The van der Waals surface area contributed by atoms with Crippen LogP contribution in [0.25, 0.3) is 0 Å².